The van der Waals surface area contributed by atoms with Crippen LogP contribution in [-0.2, 0) is 6.54 Å². The van der Waals surface area contributed by atoms with Gasteiger partial charge in [0.05, 0.1) is 11.9 Å². The summed E-state index contributed by atoms with van der Waals surface area (Å²) in [7, 11) is 0. The van der Waals surface area contributed by atoms with Crippen LogP contribution < -0.4 is 5.73 Å². The molecule has 0 saturated heterocycles. The molecule has 0 amide bonds. The predicted octanol–water partition coefficient (Wildman–Crippen LogP) is 2.84. The van der Waals surface area contributed by atoms with Gasteiger partial charge in [0, 0.05) is 23.5 Å². The Bertz CT molecular complexity index is 1070. The Hall–Kier alpha value is -3.35. The second-order valence-corrected chi connectivity index (χ2v) is 5.58. The molecule has 1 radical (unpaired) electrons. The van der Waals surface area contributed by atoms with Crippen molar-refractivity contribution in [3.05, 3.63) is 72.7 Å². The number of halogens is 1. The Balaban J connectivity index is 1.87. The number of fused-ring (bicyclic) bond motifs is 1. The maximum Gasteiger partial charge on any atom is 0.182 e. The van der Waals surface area contributed by atoms with Crippen LogP contribution in [0.25, 0.3) is 22.6 Å². The van der Waals surface area contributed by atoms with Gasteiger partial charge < -0.3 is 5.73 Å². The van der Waals surface area contributed by atoms with Crippen LogP contribution in [0.2, 0.25) is 0 Å². The number of benzene rings is 1. The van der Waals surface area contributed by atoms with E-state index < -0.39 is 0 Å². The topological polar surface area (TPSA) is 82.5 Å². The maximum absolute atomic E-state index is 14.0. The highest BCUT2D eigenvalue weighted by Gasteiger charge is 2.17. The van der Waals surface area contributed by atoms with Crippen LogP contribution in [0.3, 0.4) is 0 Å². The van der Waals surface area contributed by atoms with E-state index in [1.54, 1.807) is 41.3 Å². The molecule has 4 aromatic rings. The molecule has 0 fully saturated rings. The van der Waals surface area contributed by atoms with Crippen LogP contribution in [-0.4, -0.2) is 24.7 Å². The Morgan fingerprint density at radius 1 is 1.12 bits per heavy atom. The van der Waals surface area contributed by atoms with Crippen LogP contribution in [0.4, 0.5) is 10.2 Å². The van der Waals surface area contributed by atoms with E-state index in [4.69, 9.17) is 5.73 Å². The van der Waals surface area contributed by atoms with E-state index in [0.29, 0.717) is 34.1 Å². The second kappa shape index (κ2) is 5.94. The van der Waals surface area contributed by atoms with Crippen LogP contribution in [0.1, 0.15) is 11.1 Å². The normalized spacial score (nSPS) is 11.1. The fourth-order valence-electron chi connectivity index (χ4n) is 2.61. The van der Waals surface area contributed by atoms with Gasteiger partial charge in [0.2, 0.25) is 0 Å². The molecule has 0 bridgehead atoms. The van der Waals surface area contributed by atoms with Crippen molar-refractivity contribution in [1.82, 2.24) is 24.7 Å². The Labute approximate surface area is 143 Å². The van der Waals surface area contributed by atoms with E-state index >= 15 is 0 Å². The third-order valence-electron chi connectivity index (χ3n) is 3.89. The van der Waals surface area contributed by atoms with Crippen LogP contribution in [0.15, 0.2) is 48.8 Å². The molecular formula is C18H14FN6. The van der Waals surface area contributed by atoms with Gasteiger partial charge in [-0.2, -0.15) is 5.10 Å². The van der Waals surface area contributed by atoms with E-state index in [0.717, 1.165) is 5.39 Å². The van der Waals surface area contributed by atoms with Crippen LogP contribution in [0, 0.1) is 12.7 Å². The first-order chi connectivity index (χ1) is 12.1. The van der Waals surface area contributed by atoms with Gasteiger partial charge in [-0.25, -0.2) is 24.0 Å². The molecule has 0 spiro atoms. The Morgan fingerprint density at radius 3 is 2.76 bits per heavy atom. The number of anilines is 1. The summed E-state index contributed by atoms with van der Waals surface area (Å²) in [6.45, 7) is 4.01. The van der Waals surface area contributed by atoms with Crippen molar-refractivity contribution in [2.45, 2.75) is 6.54 Å². The van der Waals surface area contributed by atoms with Gasteiger partial charge in [-0.15, -0.1) is 0 Å². The van der Waals surface area contributed by atoms with Gasteiger partial charge in [-0.05, 0) is 25.1 Å². The quantitative estimate of drug-likeness (QED) is 0.623. The molecule has 1 aromatic carbocycles. The maximum atomic E-state index is 14.0. The molecule has 6 nitrogen and oxygen atoms in total. The summed E-state index contributed by atoms with van der Waals surface area (Å²) in [5.41, 5.74) is 8.09. The van der Waals surface area contributed by atoms with Gasteiger partial charge >= 0.3 is 0 Å². The predicted molar refractivity (Wildman–Crippen MR) is 92.9 cm³/mol. The molecule has 3 heterocycles. The van der Waals surface area contributed by atoms with Crippen molar-refractivity contribution < 1.29 is 4.39 Å². The van der Waals surface area contributed by atoms with Gasteiger partial charge in [-0.3, -0.25) is 0 Å². The zero-order chi connectivity index (χ0) is 17.4. The fraction of sp³-hybridized carbons (Fsp3) is 0.0556. The third-order valence-corrected chi connectivity index (χ3v) is 3.89. The van der Waals surface area contributed by atoms with Crippen molar-refractivity contribution in [3.63, 3.8) is 0 Å². The van der Waals surface area contributed by atoms with Crippen molar-refractivity contribution >= 4 is 16.9 Å². The summed E-state index contributed by atoms with van der Waals surface area (Å²) in [6.07, 6.45) is 3.22. The number of pyridine rings is 1. The number of nitrogens with zero attached hydrogens (tertiary/aromatic N) is 5. The summed E-state index contributed by atoms with van der Waals surface area (Å²) in [4.78, 5) is 12.9. The van der Waals surface area contributed by atoms with Crippen molar-refractivity contribution in [3.8, 4) is 11.5 Å². The molecule has 4 rings (SSSR count). The minimum atomic E-state index is -0.287. The Kier molecular flexibility index (Phi) is 3.61. The number of hydrogen-bond donors (Lipinski definition) is 1. The van der Waals surface area contributed by atoms with Gasteiger partial charge in [-0.1, -0.05) is 18.2 Å². The third kappa shape index (κ3) is 2.69. The first kappa shape index (κ1) is 15.2. The molecule has 3 aromatic heterocycles. The number of rotatable bonds is 3. The van der Waals surface area contributed by atoms with E-state index in [2.05, 4.69) is 27.0 Å². The molecule has 0 atom stereocenters. The highest BCUT2D eigenvalue weighted by atomic mass is 19.1. The zero-order valence-electron chi connectivity index (χ0n) is 13.2. The smallest absolute Gasteiger partial charge is 0.182 e. The van der Waals surface area contributed by atoms with E-state index in [-0.39, 0.29) is 12.4 Å². The molecule has 2 N–H and O–H groups in total. The average molecular weight is 333 g/mol. The number of hydrogen-bond acceptors (Lipinski definition) is 5. The fourth-order valence-corrected chi connectivity index (χ4v) is 2.61. The SMILES string of the molecule is [CH2]c1cnc(-c2nn(Cc3ccccc3F)c3ncccc23)nc1N. The molecule has 0 aliphatic carbocycles. The molecule has 0 aliphatic heterocycles. The van der Waals surface area contributed by atoms with Crippen LogP contribution in [0.5, 0.6) is 0 Å². The lowest BCUT2D eigenvalue weighted by Crippen LogP contribution is -2.05. The molecule has 0 saturated carbocycles. The van der Waals surface area contributed by atoms with Gasteiger partial charge in [0.1, 0.15) is 17.3 Å². The van der Waals surface area contributed by atoms with Crippen LogP contribution >= 0.6 is 0 Å². The molecule has 0 unspecified atom stereocenters. The van der Waals surface area contributed by atoms with E-state index in [1.807, 2.05) is 6.07 Å². The minimum Gasteiger partial charge on any atom is -0.383 e. The van der Waals surface area contributed by atoms with Crippen molar-refractivity contribution in [1.29, 1.82) is 0 Å². The minimum absolute atomic E-state index is 0.253. The van der Waals surface area contributed by atoms with Gasteiger partial charge in [0.25, 0.3) is 0 Å². The molecule has 7 heteroatoms. The van der Waals surface area contributed by atoms with Gasteiger partial charge in [0.15, 0.2) is 11.5 Å². The number of nitrogen functional groups attached to an aromatic ring is 1. The van der Waals surface area contributed by atoms with Crippen molar-refractivity contribution in [2.24, 2.45) is 0 Å². The summed E-state index contributed by atoms with van der Waals surface area (Å²) in [6, 6.07) is 10.3. The number of aromatic nitrogens is 5. The highest BCUT2D eigenvalue weighted by Crippen LogP contribution is 2.26. The molecular weight excluding hydrogens is 319 g/mol. The standard InChI is InChI=1S/C18H14FN6/c1-11-9-22-17(23-16(11)20)15-13-6-4-8-21-18(13)25(24-15)10-12-5-2-3-7-14(12)19/h2-9H,1,10H2,(H2,20,22,23). The lowest BCUT2D eigenvalue weighted by atomic mass is 10.2. The summed E-state index contributed by atoms with van der Waals surface area (Å²) < 4.78 is 15.6. The largest absolute Gasteiger partial charge is 0.383 e. The lowest BCUT2D eigenvalue weighted by molar-refractivity contribution is 0.589. The van der Waals surface area contributed by atoms with E-state index in [9.17, 15) is 4.39 Å². The van der Waals surface area contributed by atoms with E-state index in [1.165, 1.54) is 6.07 Å². The molecule has 123 valence electrons. The second-order valence-electron chi connectivity index (χ2n) is 5.58. The average Bonchev–Trinajstić information content (AvgIpc) is 2.98. The first-order valence-electron chi connectivity index (χ1n) is 7.63. The zero-order valence-corrected chi connectivity index (χ0v) is 13.2. The monoisotopic (exact) mass is 333 g/mol. The molecule has 0 aliphatic rings. The summed E-state index contributed by atoms with van der Waals surface area (Å²) >= 11 is 0. The Morgan fingerprint density at radius 2 is 1.96 bits per heavy atom. The first-order valence-corrected chi connectivity index (χ1v) is 7.63. The highest BCUT2D eigenvalue weighted by molar-refractivity contribution is 5.89. The van der Waals surface area contributed by atoms with Crippen molar-refractivity contribution in [2.75, 3.05) is 5.73 Å². The number of nitrogens with two attached hydrogens (primary N) is 1. The molecule has 25 heavy (non-hydrogen) atoms. The summed E-state index contributed by atoms with van der Waals surface area (Å²) in [5, 5.41) is 5.33. The lowest BCUT2D eigenvalue weighted by Gasteiger charge is -2.04. The summed E-state index contributed by atoms with van der Waals surface area (Å²) in [5.74, 6) is 0.395.